The molecule has 0 aliphatic heterocycles. The average Bonchev–Trinajstić information content (AvgIpc) is 2.20. The van der Waals surface area contributed by atoms with Crippen LogP contribution in [0.5, 0.6) is 0 Å². The van der Waals surface area contributed by atoms with Gasteiger partial charge in [0, 0.05) is 19.6 Å². The van der Waals surface area contributed by atoms with Crippen molar-refractivity contribution in [2.75, 3.05) is 19.6 Å². The fraction of sp³-hybridized carbons (Fsp3) is 0.750. The monoisotopic (exact) mass is 216 g/mol. The van der Waals surface area contributed by atoms with Crippen LogP contribution in [-0.2, 0) is 4.79 Å². The highest BCUT2D eigenvalue weighted by Gasteiger charge is 2.11. The number of hydrogen-bond donors (Lipinski definition) is 5. The minimum absolute atomic E-state index is 0.0520. The molecule has 88 valence electrons. The number of carbonyl (C=O) groups is 1. The maximum atomic E-state index is 11.3. The third kappa shape index (κ3) is 7.71. The predicted octanol–water partition coefficient (Wildman–Crippen LogP) is -2.56. The molecular weight excluding hydrogens is 196 g/mol. The van der Waals surface area contributed by atoms with Crippen molar-refractivity contribution in [1.29, 1.82) is 0 Å². The second-order valence-corrected chi connectivity index (χ2v) is 3.14. The molecule has 0 aromatic heterocycles. The van der Waals surface area contributed by atoms with Gasteiger partial charge in [-0.25, -0.2) is 0 Å². The molecule has 0 aliphatic rings. The summed E-state index contributed by atoms with van der Waals surface area (Å²) in [6.45, 7) is 1.34. The normalized spacial score (nSPS) is 11.9. The molecule has 15 heavy (non-hydrogen) atoms. The van der Waals surface area contributed by atoms with Gasteiger partial charge in [-0.05, 0) is 12.8 Å². The lowest BCUT2D eigenvalue weighted by Gasteiger charge is -2.10. The molecular formula is C8H20N6O. The number of nitrogens with one attached hydrogen (secondary N) is 1. The van der Waals surface area contributed by atoms with E-state index in [-0.39, 0.29) is 11.9 Å². The minimum Gasteiger partial charge on any atom is -0.370 e. The molecule has 0 aliphatic carbocycles. The lowest BCUT2D eigenvalue weighted by molar-refractivity contribution is -0.122. The number of aliphatic imine (C=N–C) groups is 1. The van der Waals surface area contributed by atoms with Crippen LogP contribution < -0.4 is 28.3 Å². The van der Waals surface area contributed by atoms with E-state index in [4.69, 9.17) is 22.9 Å². The van der Waals surface area contributed by atoms with Crippen molar-refractivity contribution in [2.24, 2.45) is 27.9 Å². The van der Waals surface area contributed by atoms with Gasteiger partial charge in [-0.15, -0.1) is 0 Å². The number of guanidine groups is 1. The molecule has 0 spiro atoms. The van der Waals surface area contributed by atoms with Crippen molar-refractivity contribution in [2.45, 2.75) is 18.9 Å². The van der Waals surface area contributed by atoms with E-state index in [1.54, 1.807) is 0 Å². The second-order valence-electron chi connectivity index (χ2n) is 3.14. The zero-order valence-electron chi connectivity index (χ0n) is 8.78. The van der Waals surface area contributed by atoms with Gasteiger partial charge >= 0.3 is 0 Å². The minimum atomic E-state index is -0.522. The third-order valence-electron chi connectivity index (χ3n) is 1.75. The van der Waals surface area contributed by atoms with E-state index in [2.05, 4.69) is 10.3 Å². The molecule has 0 rings (SSSR count). The summed E-state index contributed by atoms with van der Waals surface area (Å²) in [5.74, 6) is -0.138. The van der Waals surface area contributed by atoms with Crippen LogP contribution in [0, 0.1) is 0 Å². The summed E-state index contributed by atoms with van der Waals surface area (Å²) in [6, 6.07) is -0.522. The highest BCUT2D eigenvalue weighted by Crippen LogP contribution is 1.94. The zero-order valence-corrected chi connectivity index (χ0v) is 8.78. The number of carbonyl (C=O) groups excluding carboxylic acids is 1. The Morgan fingerprint density at radius 3 is 2.60 bits per heavy atom. The fourth-order valence-corrected chi connectivity index (χ4v) is 0.977. The second kappa shape index (κ2) is 8.01. The lowest BCUT2D eigenvalue weighted by Crippen LogP contribution is -2.42. The Morgan fingerprint density at radius 1 is 1.40 bits per heavy atom. The van der Waals surface area contributed by atoms with Gasteiger partial charge in [-0.3, -0.25) is 9.79 Å². The summed E-state index contributed by atoms with van der Waals surface area (Å²) in [5, 5.41) is 2.61. The molecule has 0 radical (unpaired) electrons. The molecule has 1 amide bonds. The Kier molecular flexibility index (Phi) is 7.29. The van der Waals surface area contributed by atoms with Gasteiger partial charge < -0.3 is 28.3 Å². The van der Waals surface area contributed by atoms with Crippen LogP contribution in [0.1, 0.15) is 12.8 Å². The first-order chi connectivity index (χ1) is 7.07. The third-order valence-corrected chi connectivity index (χ3v) is 1.75. The van der Waals surface area contributed by atoms with Gasteiger partial charge in [0.05, 0.1) is 6.04 Å². The van der Waals surface area contributed by atoms with E-state index in [1.165, 1.54) is 0 Å². The number of hydrogen-bond acceptors (Lipinski definition) is 4. The Hall–Kier alpha value is -1.34. The molecule has 0 fully saturated rings. The van der Waals surface area contributed by atoms with Gasteiger partial charge in [-0.1, -0.05) is 0 Å². The van der Waals surface area contributed by atoms with Gasteiger partial charge in [0.25, 0.3) is 0 Å². The van der Waals surface area contributed by atoms with Gasteiger partial charge in [0.2, 0.25) is 5.91 Å². The van der Waals surface area contributed by atoms with E-state index < -0.39 is 6.04 Å². The summed E-state index contributed by atoms with van der Waals surface area (Å²) in [4.78, 5) is 15.0. The molecule has 0 aromatic carbocycles. The Labute approximate surface area is 89.3 Å². The molecule has 7 nitrogen and oxygen atoms in total. The van der Waals surface area contributed by atoms with Crippen molar-refractivity contribution in [1.82, 2.24) is 5.32 Å². The van der Waals surface area contributed by atoms with E-state index in [9.17, 15) is 4.79 Å². The van der Waals surface area contributed by atoms with Crippen molar-refractivity contribution >= 4 is 11.9 Å². The van der Waals surface area contributed by atoms with E-state index in [1.807, 2.05) is 0 Å². The number of rotatable bonds is 7. The molecule has 0 aromatic rings. The van der Waals surface area contributed by atoms with Crippen LogP contribution in [0.15, 0.2) is 4.99 Å². The van der Waals surface area contributed by atoms with Crippen LogP contribution in [0.3, 0.4) is 0 Å². The fourth-order valence-electron chi connectivity index (χ4n) is 0.977. The predicted molar refractivity (Wildman–Crippen MR) is 60.0 cm³/mol. The first-order valence-corrected chi connectivity index (χ1v) is 4.86. The zero-order chi connectivity index (χ0) is 11.7. The molecule has 9 N–H and O–H groups in total. The van der Waals surface area contributed by atoms with E-state index >= 15 is 0 Å². The van der Waals surface area contributed by atoms with Crippen molar-refractivity contribution < 1.29 is 4.79 Å². The van der Waals surface area contributed by atoms with Crippen molar-refractivity contribution in [3.05, 3.63) is 0 Å². The maximum Gasteiger partial charge on any atom is 0.236 e. The van der Waals surface area contributed by atoms with Crippen molar-refractivity contribution in [3.8, 4) is 0 Å². The first-order valence-electron chi connectivity index (χ1n) is 4.86. The number of amides is 1. The summed E-state index contributed by atoms with van der Waals surface area (Å²) in [6.07, 6.45) is 1.22. The van der Waals surface area contributed by atoms with E-state index in [0.717, 1.165) is 0 Å². The highest BCUT2D eigenvalue weighted by molar-refractivity contribution is 5.81. The first kappa shape index (κ1) is 13.7. The number of nitrogens with two attached hydrogens (primary N) is 4. The molecule has 1 atom stereocenters. The Bertz CT molecular complexity index is 213. The summed E-state index contributed by atoms with van der Waals surface area (Å²) >= 11 is 0. The van der Waals surface area contributed by atoms with Crippen LogP contribution in [-0.4, -0.2) is 37.5 Å². The molecule has 7 heteroatoms. The molecule has 0 bridgehead atoms. The SMILES string of the molecule is NCCNC(=O)C(N)CCCN=C(N)N. The van der Waals surface area contributed by atoms with Crippen LogP contribution >= 0.6 is 0 Å². The van der Waals surface area contributed by atoms with Crippen LogP contribution in [0.4, 0.5) is 0 Å². The Balaban J connectivity index is 3.59. The quantitative estimate of drug-likeness (QED) is 0.180. The maximum absolute atomic E-state index is 11.3. The van der Waals surface area contributed by atoms with Crippen LogP contribution in [0.2, 0.25) is 0 Å². The van der Waals surface area contributed by atoms with Crippen molar-refractivity contribution in [3.63, 3.8) is 0 Å². The van der Waals surface area contributed by atoms with E-state index in [0.29, 0.717) is 32.5 Å². The standard InChI is InChI=1S/C8H20N6O/c9-3-5-13-7(15)6(10)2-1-4-14-8(11)12/h6H,1-5,9-10H2,(H,13,15)(H4,11,12,14). The topological polar surface area (TPSA) is 146 Å². The molecule has 0 saturated carbocycles. The summed E-state index contributed by atoms with van der Waals surface area (Å²) in [5.41, 5.74) is 21.1. The van der Waals surface area contributed by atoms with Gasteiger partial charge in [0.1, 0.15) is 0 Å². The van der Waals surface area contributed by atoms with Gasteiger partial charge in [0.15, 0.2) is 5.96 Å². The smallest absolute Gasteiger partial charge is 0.236 e. The molecule has 1 unspecified atom stereocenters. The summed E-state index contributed by atoms with van der Waals surface area (Å²) in [7, 11) is 0. The lowest BCUT2D eigenvalue weighted by atomic mass is 10.1. The highest BCUT2D eigenvalue weighted by atomic mass is 16.2. The molecule has 0 saturated heterocycles. The van der Waals surface area contributed by atoms with Gasteiger partial charge in [-0.2, -0.15) is 0 Å². The Morgan fingerprint density at radius 2 is 2.07 bits per heavy atom. The summed E-state index contributed by atoms with van der Waals surface area (Å²) < 4.78 is 0. The largest absolute Gasteiger partial charge is 0.370 e. The number of nitrogens with zero attached hydrogens (tertiary/aromatic N) is 1. The average molecular weight is 216 g/mol. The van der Waals surface area contributed by atoms with Crippen LogP contribution in [0.25, 0.3) is 0 Å². The molecule has 0 heterocycles.